The van der Waals surface area contributed by atoms with Gasteiger partial charge in [0.15, 0.2) is 0 Å². The summed E-state index contributed by atoms with van der Waals surface area (Å²) in [5.41, 5.74) is 1.43. The predicted molar refractivity (Wildman–Crippen MR) is 89.3 cm³/mol. The molecule has 9 heteroatoms. The predicted octanol–water partition coefficient (Wildman–Crippen LogP) is 2.74. The van der Waals surface area contributed by atoms with Crippen LogP contribution in [0.1, 0.15) is 37.6 Å². The Morgan fingerprint density at radius 2 is 2.04 bits per heavy atom. The van der Waals surface area contributed by atoms with E-state index in [0.717, 1.165) is 9.65 Å². The molecule has 130 valence electrons. The van der Waals surface area contributed by atoms with Gasteiger partial charge in [-0.05, 0) is 44.7 Å². The van der Waals surface area contributed by atoms with E-state index in [1.165, 1.54) is 22.4 Å². The number of carbonyl (C=O) groups excluding carboxylic acids is 1. The van der Waals surface area contributed by atoms with E-state index in [1.807, 2.05) is 0 Å². The van der Waals surface area contributed by atoms with Crippen LogP contribution in [0.3, 0.4) is 0 Å². The van der Waals surface area contributed by atoms with Gasteiger partial charge in [-0.3, -0.25) is 4.90 Å². The number of rotatable bonds is 2. The molecule has 2 aromatic heterocycles. The van der Waals surface area contributed by atoms with Gasteiger partial charge in [0.05, 0.1) is 18.8 Å². The highest BCUT2D eigenvalue weighted by Gasteiger charge is 2.32. The zero-order valence-electron chi connectivity index (χ0n) is 13.9. The molecule has 3 heterocycles. The number of amides is 1. The van der Waals surface area contributed by atoms with Crippen LogP contribution in [0, 0.1) is 6.92 Å². The van der Waals surface area contributed by atoms with E-state index in [2.05, 4.69) is 5.10 Å². The van der Waals surface area contributed by atoms with Gasteiger partial charge in [0.2, 0.25) is 0 Å². The van der Waals surface area contributed by atoms with Crippen LogP contribution in [0.2, 0.25) is 0 Å². The highest BCUT2D eigenvalue weighted by Crippen LogP contribution is 2.28. The topological polar surface area (TPSA) is 81.5 Å². The highest BCUT2D eigenvalue weighted by molar-refractivity contribution is 7.92. The van der Waals surface area contributed by atoms with Gasteiger partial charge >= 0.3 is 6.09 Å². The molecule has 7 nitrogen and oxygen atoms in total. The van der Waals surface area contributed by atoms with Crippen molar-refractivity contribution in [3.05, 3.63) is 34.5 Å². The summed E-state index contributed by atoms with van der Waals surface area (Å²) in [5, 5.41) is 5.91. The number of hydrogen-bond acceptors (Lipinski definition) is 6. The average molecular weight is 369 g/mol. The van der Waals surface area contributed by atoms with E-state index < -0.39 is 21.7 Å². The van der Waals surface area contributed by atoms with Gasteiger partial charge in [0.25, 0.3) is 10.0 Å². The third kappa shape index (κ3) is 3.05. The van der Waals surface area contributed by atoms with Crippen molar-refractivity contribution >= 4 is 27.5 Å². The molecule has 0 unspecified atom stereocenters. The van der Waals surface area contributed by atoms with Crippen LogP contribution < -0.4 is 0 Å². The van der Waals surface area contributed by atoms with Crippen LogP contribution in [0.25, 0.3) is 0 Å². The van der Waals surface area contributed by atoms with Gasteiger partial charge < -0.3 is 4.74 Å². The van der Waals surface area contributed by atoms with Crippen LogP contribution in [0.4, 0.5) is 4.79 Å². The maximum atomic E-state index is 12.6. The van der Waals surface area contributed by atoms with E-state index in [9.17, 15) is 13.2 Å². The lowest BCUT2D eigenvalue weighted by Crippen LogP contribution is -2.33. The first-order valence-electron chi connectivity index (χ1n) is 7.43. The van der Waals surface area contributed by atoms with E-state index in [1.54, 1.807) is 39.1 Å². The first kappa shape index (κ1) is 17.0. The summed E-state index contributed by atoms with van der Waals surface area (Å²) >= 11 is 1.17. The molecular weight excluding hydrogens is 350 g/mol. The number of carbonyl (C=O) groups is 1. The molecular formula is C15H19N3O4S2. The molecule has 1 aliphatic heterocycles. The van der Waals surface area contributed by atoms with Gasteiger partial charge in [-0.1, -0.05) is 0 Å². The Bertz CT molecular complexity index is 867. The molecule has 0 spiro atoms. The van der Waals surface area contributed by atoms with E-state index >= 15 is 0 Å². The molecule has 0 bridgehead atoms. The number of fused-ring (bicyclic) bond motifs is 1. The lowest BCUT2D eigenvalue weighted by molar-refractivity contribution is 0.0239. The fourth-order valence-electron chi connectivity index (χ4n) is 2.41. The highest BCUT2D eigenvalue weighted by atomic mass is 32.2. The van der Waals surface area contributed by atoms with Crippen molar-refractivity contribution in [2.24, 2.45) is 0 Å². The largest absolute Gasteiger partial charge is 0.444 e. The summed E-state index contributed by atoms with van der Waals surface area (Å²) in [5.74, 6) is 0. The molecule has 0 atom stereocenters. The normalized spacial score (nSPS) is 14.8. The second-order valence-corrected chi connectivity index (χ2v) is 9.61. The van der Waals surface area contributed by atoms with Crippen LogP contribution in [-0.4, -0.2) is 34.2 Å². The van der Waals surface area contributed by atoms with E-state index in [-0.39, 0.29) is 10.8 Å². The lowest BCUT2D eigenvalue weighted by Gasteiger charge is -2.24. The van der Waals surface area contributed by atoms with Crippen molar-refractivity contribution in [2.75, 3.05) is 0 Å². The fourth-order valence-corrected chi connectivity index (χ4v) is 5.06. The number of aryl methyl sites for hydroxylation is 1. The van der Waals surface area contributed by atoms with Crippen LogP contribution in [0.15, 0.2) is 21.9 Å². The maximum absolute atomic E-state index is 12.6. The van der Waals surface area contributed by atoms with Crippen LogP contribution in [0.5, 0.6) is 0 Å². The van der Waals surface area contributed by atoms with Crippen molar-refractivity contribution in [3.63, 3.8) is 0 Å². The molecule has 0 saturated carbocycles. The Kier molecular flexibility index (Phi) is 3.95. The maximum Gasteiger partial charge on any atom is 0.410 e. The monoisotopic (exact) mass is 369 g/mol. The Morgan fingerprint density at radius 3 is 2.58 bits per heavy atom. The number of thiophene rings is 1. The van der Waals surface area contributed by atoms with Gasteiger partial charge in [-0.15, -0.1) is 11.3 Å². The Balaban J connectivity index is 1.80. The number of hydrogen-bond donors (Lipinski definition) is 0. The number of aromatic nitrogens is 2. The molecule has 0 N–H and O–H groups in total. The van der Waals surface area contributed by atoms with Gasteiger partial charge in [0.1, 0.15) is 9.81 Å². The van der Waals surface area contributed by atoms with Gasteiger partial charge in [-0.2, -0.15) is 17.6 Å². The Labute approximate surface area is 144 Å². The van der Waals surface area contributed by atoms with E-state index in [4.69, 9.17) is 4.74 Å². The first-order chi connectivity index (χ1) is 11.1. The second-order valence-electron chi connectivity index (χ2n) is 6.71. The number of ether oxygens (including phenoxy) is 1. The van der Waals surface area contributed by atoms with Crippen LogP contribution >= 0.6 is 11.3 Å². The summed E-state index contributed by atoms with van der Waals surface area (Å²) < 4.78 is 31.9. The second kappa shape index (κ2) is 5.59. The smallest absolute Gasteiger partial charge is 0.410 e. The molecule has 2 aromatic rings. The molecule has 0 aliphatic carbocycles. The molecule has 24 heavy (non-hydrogen) atoms. The summed E-state index contributed by atoms with van der Waals surface area (Å²) in [4.78, 5) is 13.6. The molecule has 1 amide bonds. The molecule has 0 radical (unpaired) electrons. The summed E-state index contributed by atoms with van der Waals surface area (Å²) in [6, 6.07) is 1.76. The minimum absolute atomic E-state index is 0.246. The molecule has 0 fully saturated rings. The quantitative estimate of drug-likeness (QED) is 0.813. The zero-order chi connectivity index (χ0) is 17.7. The van der Waals surface area contributed by atoms with Crippen molar-refractivity contribution < 1.29 is 17.9 Å². The molecule has 3 rings (SSSR count). The average Bonchev–Trinajstić information content (AvgIpc) is 3.09. The third-order valence-corrected chi connectivity index (χ3v) is 6.70. The van der Waals surface area contributed by atoms with Crippen molar-refractivity contribution in [3.8, 4) is 0 Å². The Morgan fingerprint density at radius 1 is 1.33 bits per heavy atom. The minimum atomic E-state index is -3.68. The van der Waals surface area contributed by atoms with Gasteiger partial charge in [0, 0.05) is 11.8 Å². The summed E-state index contributed by atoms with van der Waals surface area (Å²) in [6.45, 7) is 7.70. The van der Waals surface area contributed by atoms with Crippen molar-refractivity contribution in [2.45, 2.75) is 50.6 Å². The van der Waals surface area contributed by atoms with Crippen molar-refractivity contribution in [1.29, 1.82) is 0 Å². The first-order valence-corrected chi connectivity index (χ1v) is 9.75. The molecule has 1 aliphatic rings. The SMILES string of the molecule is Cc1ccsc1S(=O)(=O)n1cc2c(n1)CN(C(=O)OC(C)(C)C)C2. The van der Waals surface area contributed by atoms with Gasteiger partial charge in [-0.25, -0.2) is 4.79 Å². The summed E-state index contributed by atoms with van der Waals surface area (Å²) in [7, 11) is -3.68. The fraction of sp³-hybridized carbons (Fsp3) is 0.467. The minimum Gasteiger partial charge on any atom is -0.444 e. The van der Waals surface area contributed by atoms with Crippen molar-refractivity contribution in [1.82, 2.24) is 14.1 Å². The lowest BCUT2D eigenvalue weighted by atomic mass is 10.2. The Hall–Kier alpha value is -1.87. The van der Waals surface area contributed by atoms with Crippen LogP contribution in [-0.2, 0) is 27.8 Å². The van der Waals surface area contributed by atoms with E-state index in [0.29, 0.717) is 17.8 Å². The number of nitrogens with zero attached hydrogens (tertiary/aromatic N) is 3. The summed E-state index contributed by atoms with van der Waals surface area (Å²) in [6.07, 6.45) is 1.05. The molecule has 0 aromatic carbocycles. The zero-order valence-corrected chi connectivity index (χ0v) is 15.6. The standard InChI is InChI=1S/C15H19N3O4S2/c1-10-5-6-23-13(10)24(20,21)18-8-11-7-17(9-12(11)16-18)14(19)22-15(2,3)4/h5-6,8H,7,9H2,1-4H3. The molecule has 0 saturated heterocycles. The third-order valence-electron chi connectivity index (χ3n) is 3.51.